The first-order valence-corrected chi connectivity index (χ1v) is 3.99. The molecule has 0 atom stereocenters. The number of rotatable bonds is 2. The van der Waals surface area contributed by atoms with Gasteiger partial charge in [-0.25, -0.2) is 0 Å². The van der Waals surface area contributed by atoms with Crippen molar-refractivity contribution in [2.75, 3.05) is 20.0 Å². The molecular formula is C9H10F3NO2. The van der Waals surface area contributed by atoms with Gasteiger partial charge in [0, 0.05) is 5.69 Å². The highest BCUT2D eigenvalue weighted by molar-refractivity contribution is 5.61. The van der Waals surface area contributed by atoms with Crippen molar-refractivity contribution in [2.45, 2.75) is 6.18 Å². The Labute approximate surface area is 84.6 Å². The first-order chi connectivity index (χ1) is 6.91. The molecule has 3 nitrogen and oxygen atoms in total. The van der Waals surface area contributed by atoms with E-state index in [0.29, 0.717) is 0 Å². The van der Waals surface area contributed by atoms with Gasteiger partial charge >= 0.3 is 6.18 Å². The molecule has 1 aromatic carbocycles. The SMILES string of the molecule is COc1ccc(N)c(C(F)(F)F)c1OC. The summed E-state index contributed by atoms with van der Waals surface area (Å²) < 4.78 is 47.2. The smallest absolute Gasteiger partial charge is 0.422 e. The van der Waals surface area contributed by atoms with Crippen LogP contribution in [0, 0.1) is 0 Å². The molecule has 1 aromatic rings. The van der Waals surface area contributed by atoms with Crippen molar-refractivity contribution < 1.29 is 22.6 Å². The van der Waals surface area contributed by atoms with Crippen molar-refractivity contribution in [3.8, 4) is 11.5 Å². The summed E-state index contributed by atoms with van der Waals surface area (Å²) in [6, 6.07) is 2.45. The van der Waals surface area contributed by atoms with Gasteiger partial charge in [0.1, 0.15) is 5.56 Å². The van der Waals surface area contributed by atoms with Gasteiger partial charge in [-0.15, -0.1) is 0 Å². The van der Waals surface area contributed by atoms with Crippen LogP contribution in [0.4, 0.5) is 18.9 Å². The summed E-state index contributed by atoms with van der Waals surface area (Å²) >= 11 is 0. The molecular weight excluding hydrogens is 211 g/mol. The van der Waals surface area contributed by atoms with Crippen LogP contribution < -0.4 is 15.2 Å². The maximum absolute atomic E-state index is 12.6. The standard InChI is InChI=1S/C9H10F3NO2/c1-14-6-4-3-5(13)7(8(6)15-2)9(10,11)12/h3-4H,13H2,1-2H3. The highest BCUT2D eigenvalue weighted by Crippen LogP contribution is 2.44. The number of methoxy groups -OCH3 is 2. The normalized spacial score (nSPS) is 11.3. The average molecular weight is 221 g/mol. The number of alkyl halides is 3. The highest BCUT2D eigenvalue weighted by Gasteiger charge is 2.38. The van der Waals surface area contributed by atoms with Crippen LogP contribution in [0.15, 0.2) is 12.1 Å². The fourth-order valence-electron chi connectivity index (χ4n) is 1.23. The molecule has 0 unspecified atom stereocenters. The maximum atomic E-state index is 12.6. The summed E-state index contributed by atoms with van der Waals surface area (Å²) in [5.41, 5.74) is 3.85. The number of nitrogens with two attached hydrogens (primary N) is 1. The minimum absolute atomic E-state index is 0.000903. The lowest BCUT2D eigenvalue weighted by Gasteiger charge is -2.16. The van der Waals surface area contributed by atoms with Crippen LogP contribution in [0.3, 0.4) is 0 Å². The molecule has 0 fully saturated rings. The number of ether oxygens (including phenoxy) is 2. The Balaban J connectivity index is 3.46. The quantitative estimate of drug-likeness (QED) is 0.779. The zero-order valence-electron chi connectivity index (χ0n) is 8.18. The van der Waals surface area contributed by atoms with E-state index < -0.39 is 17.5 Å². The molecule has 1 rings (SSSR count). The summed E-state index contributed by atoms with van der Waals surface area (Å²) in [7, 11) is 2.39. The molecule has 15 heavy (non-hydrogen) atoms. The van der Waals surface area contributed by atoms with Crippen LogP contribution >= 0.6 is 0 Å². The van der Waals surface area contributed by atoms with Crippen molar-refractivity contribution in [1.29, 1.82) is 0 Å². The van der Waals surface area contributed by atoms with Gasteiger partial charge in [0.15, 0.2) is 11.5 Å². The Morgan fingerprint density at radius 1 is 1.13 bits per heavy atom. The summed E-state index contributed by atoms with van der Waals surface area (Å²) in [6.07, 6.45) is -4.57. The van der Waals surface area contributed by atoms with E-state index in [0.717, 1.165) is 13.2 Å². The van der Waals surface area contributed by atoms with Gasteiger partial charge in [-0.3, -0.25) is 0 Å². The molecule has 0 saturated carbocycles. The third kappa shape index (κ3) is 2.08. The van der Waals surface area contributed by atoms with Crippen molar-refractivity contribution in [3.05, 3.63) is 17.7 Å². The third-order valence-corrected chi connectivity index (χ3v) is 1.86. The monoisotopic (exact) mass is 221 g/mol. The fourth-order valence-corrected chi connectivity index (χ4v) is 1.23. The van der Waals surface area contributed by atoms with Gasteiger partial charge in [0.25, 0.3) is 0 Å². The molecule has 0 heterocycles. The average Bonchev–Trinajstić information content (AvgIpc) is 2.15. The minimum Gasteiger partial charge on any atom is -0.493 e. The van der Waals surface area contributed by atoms with E-state index in [1.54, 1.807) is 0 Å². The molecule has 0 aliphatic rings. The predicted molar refractivity (Wildman–Crippen MR) is 49.0 cm³/mol. The Morgan fingerprint density at radius 3 is 2.13 bits per heavy atom. The molecule has 0 spiro atoms. The molecule has 84 valence electrons. The Bertz CT molecular complexity index is 363. The van der Waals surface area contributed by atoms with E-state index in [1.807, 2.05) is 0 Å². The van der Waals surface area contributed by atoms with Crippen LogP contribution in [0.25, 0.3) is 0 Å². The van der Waals surface area contributed by atoms with Gasteiger partial charge in [0.05, 0.1) is 14.2 Å². The van der Waals surface area contributed by atoms with E-state index in [4.69, 9.17) is 10.5 Å². The van der Waals surface area contributed by atoms with Crippen molar-refractivity contribution in [2.24, 2.45) is 0 Å². The Morgan fingerprint density at radius 2 is 1.73 bits per heavy atom. The minimum atomic E-state index is -4.57. The largest absolute Gasteiger partial charge is 0.493 e. The molecule has 0 radical (unpaired) electrons. The zero-order valence-corrected chi connectivity index (χ0v) is 8.18. The van der Waals surface area contributed by atoms with E-state index in [9.17, 15) is 13.2 Å². The number of hydrogen-bond acceptors (Lipinski definition) is 3. The van der Waals surface area contributed by atoms with Crippen molar-refractivity contribution in [1.82, 2.24) is 0 Å². The molecule has 0 aliphatic heterocycles. The summed E-state index contributed by atoms with van der Waals surface area (Å²) in [4.78, 5) is 0. The summed E-state index contributed by atoms with van der Waals surface area (Å²) in [5, 5.41) is 0. The number of halogens is 3. The third-order valence-electron chi connectivity index (χ3n) is 1.86. The number of benzene rings is 1. The second-order valence-corrected chi connectivity index (χ2v) is 2.76. The Hall–Kier alpha value is -1.59. The molecule has 0 aliphatic carbocycles. The van der Waals surface area contributed by atoms with Crippen LogP contribution in [-0.4, -0.2) is 14.2 Å². The van der Waals surface area contributed by atoms with Crippen LogP contribution in [0.5, 0.6) is 11.5 Å². The van der Waals surface area contributed by atoms with Crippen LogP contribution in [-0.2, 0) is 6.18 Å². The van der Waals surface area contributed by atoms with Gasteiger partial charge in [-0.05, 0) is 12.1 Å². The maximum Gasteiger partial charge on any atom is 0.422 e. The number of nitrogen functional groups attached to an aromatic ring is 1. The lowest BCUT2D eigenvalue weighted by Crippen LogP contribution is -2.11. The number of hydrogen-bond donors (Lipinski definition) is 1. The van der Waals surface area contributed by atoms with Gasteiger partial charge in [-0.2, -0.15) is 13.2 Å². The Kier molecular flexibility index (Phi) is 2.97. The van der Waals surface area contributed by atoms with E-state index in [2.05, 4.69) is 4.74 Å². The zero-order chi connectivity index (χ0) is 11.6. The molecule has 6 heteroatoms. The van der Waals surface area contributed by atoms with E-state index in [-0.39, 0.29) is 11.4 Å². The van der Waals surface area contributed by atoms with Crippen molar-refractivity contribution >= 4 is 5.69 Å². The van der Waals surface area contributed by atoms with Gasteiger partial charge < -0.3 is 15.2 Å². The summed E-state index contributed by atoms with van der Waals surface area (Å²) in [5.74, 6) is -0.399. The van der Waals surface area contributed by atoms with Crippen molar-refractivity contribution in [3.63, 3.8) is 0 Å². The number of anilines is 1. The fraction of sp³-hybridized carbons (Fsp3) is 0.333. The second-order valence-electron chi connectivity index (χ2n) is 2.76. The van der Waals surface area contributed by atoms with Gasteiger partial charge in [0.2, 0.25) is 0 Å². The second kappa shape index (κ2) is 3.88. The predicted octanol–water partition coefficient (Wildman–Crippen LogP) is 2.30. The lowest BCUT2D eigenvalue weighted by molar-refractivity contribution is -0.138. The summed E-state index contributed by atoms with van der Waals surface area (Å²) in [6.45, 7) is 0. The lowest BCUT2D eigenvalue weighted by atomic mass is 10.1. The topological polar surface area (TPSA) is 44.5 Å². The van der Waals surface area contributed by atoms with Gasteiger partial charge in [-0.1, -0.05) is 0 Å². The molecule has 2 N–H and O–H groups in total. The van der Waals surface area contributed by atoms with Crippen LogP contribution in [0.1, 0.15) is 5.56 Å². The van der Waals surface area contributed by atoms with E-state index in [1.165, 1.54) is 13.2 Å². The molecule has 0 saturated heterocycles. The first-order valence-electron chi connectivity index (χ1n) is 3.99. The van der Waals surface area contributed by atoms with Crippen LogP contribution in [0.2, 0.25) is 0 Å². The highest BCUT2D eigenvalue weighted by atomic mass is 19.4. The van der Waals surface area contributed by atoms with E-state index >= 15 is 0 Å². The molecule has 0 amide bonds. The molecule has 0 bridgehead atoms. The molecule has 0 aromatic heterocycles. The first kappa shape index (κ1) is 11.5.